The minimum absolute atomic E-state index is 0.0381. The van der Waals surface area contributed by atoms with Crippen molar-refractivity contribution in [2.45, 2.75) is 76.8 Å². The maximum absolute atomic E-state index is 12.2. The minimum Gasteiger partial charge on any atom is -0.450 e. The molecule has 3 heteroatoms. The van der Waals surface area contributed by atoms with Crippen molar-refractivity contribution in [3.8, 4) is 0 Å². The molecule has 0 N–H and O–H groups in total. The lowest BCUT2D eigenvalue weighted by Crippen LogP contribution is -2.55. The average Bonchev–Trinajstić information content (AvgIpc) is 2.52. The molecular weight excluding hydrogens is 214 g/mol. The van der Waals surface area contributed by atoms with Crippen LogP contribution < -0.4 is 0 Å². The van der Waals surface area contributed by atoms with E-state index in [9.17, 15) is 4.79 Å². The third kappa shape index (κ3) is 2.16. The van der Waals surface area contributed by atoms with Gasteiger partial charge in [0, 0.05) is 11.1 Å². The summed E-state index contributed by atoms with van der Waals surface area (Å²) in [6.07, 6.45) is 8.31. The van der Waals surface area contributed by atoms with E-state index >= 15 is 0 Å². The molecule has 1 aliphatic heterocycles. The second-order valence-corrected chi connectivity index (χ2v) is 6.13. The Morgan fingerprint density at radius 3 is 2.35 bits per heavy atom. The maximum atomic E-state index is 12.2. The van der Waals surface area contributed by atoms with Gasteiger partial charge < -0.3 is 4.74 Å². The summed E-state index contributed by atoms with van der Waals surface area (Å²) in [6.45, 7) is 6.70. The molecule has 1 saturated carbocycles. The number of carbonyl (C=O) groups excluding carboxylic acids is 1. The summed E-state index contributed by atoms with van der Waals surface area (Å²) in [6, 6.07) is 0. The lowest BCUT2D eigenvalue weighted by molar-refractivity contribution is 0.0171. The molecule has 1 spiro atoms. The molecule has 1 aliphatic carbocycles. The fraction of sp³-hybridized carbons (Fsp3) is 0.929. The van der Waals surface area contributed by atoms with Crippen LogP contribution in [-0.2, 0) is 4.74 Å². The van der Waals surface area contributed by atoms with Crippen molar-refractivity contribution >= 4 is 6.09 Å². The highest BCUT2D eigenvalue weighted by molar-refractivity contribution is 5.70. The van der Waals surface area contributed by atoms with Crippen LogP contribution in [0.5, 0.6) is 0 Å². The van der Waals surface area contributed by atoms with E-state index in [-0.39, 0.29) is 17.2 Å². The van der Waals surface area contributed by atoms with Crippen molar-refractivity contribution < 1.29 is 9.53 Å². The van der Waals surface area contributed by atoms with Crippen LogP contribution in [0.2, 0.25) is 0 Å². The topological polar surface area (TPSA) is 29.5 Å². The van der Waals surface area contributed by atoms with Gasteiger partial charge >= 0.3 is 6.09 Å². The third-order valence-electron chi connectivity index (χ3n) is 4.52. The Bertz CT molecular complexity index is 293. The highest BCUT2D eigenvalue weighted by atomic mass is 16.6. The Kier molecular flexibility index (Phi) is 3.37. The molecule has 0 radical (unpaired) electrons. The molecule has 0 aromatic heterocycles. The summed E-state index contributed by atoms with van der Waals surface area (Å²) >= 11 is 0. The number of hydrogen-bond acceptors (Lipinski definition) is 2. The van der Waals surface area contributed by atoms with Crippen LogP contribution in [0.15, 0.2) is 0 Å². The van der Waals surface area contributed by atoms with Crippen molar-refractivity contribution in [2.24, 2.45) is 0 Å². The first-order valence-corrected chi connectivity index (χ1v) is 6.99. The molecule has 2 rings (SSSR count). The van der Waals surface area contributed by atoms with Gasteiger partial charge in [0.25, 0.3) is 0 Å². The van der Waals surface area contributed by atoms with Gasteiger partial charge in [-0.25, -0.2) is 4.79 Å². The zero-order valence-electron chi connectivity index (χ0n) is 11.4. The van der Waals surface area contributed by atoms with Gasteiger partial charge in [0.05, 0.1) is 6.61 Å². The van der Waals surface area contributed by atoms with Gasteiger partial charge in [-0.05, 0) is 46.5 Å². The molecule has 17 heavy (non-hydrogen) atoms. The predicted molar refractivity (Wildman–Crippen MR) is 68.0 cm³/mol. The zero-order chi connectivity index (χ0) is 12.5. The standard InChI is InChI=1S/C14H25NO2/c1-4-17-12(16)15-13(2,3)10-11-14(15)8-6-5-7-9-14/h4-11H2,1-3H3. The van der Waals surface area contributed by atoms with E-state index in [1.54, 1.807) is 0 Å². The van der Waals surface area contributed by atoms with E-state index in [0.717, 1.165) is 25.7 Å². The fourth-order valence-corrected chi connectivity index (χ4v) is 3.72. The van der Waals surface area contributed by atoms with Gasteiger partial charge in [0.2, 0.25) is 0 Å². The summed E-state index contributed by atoms with van der Waals surface area (Å²) in [5, 5.41) is 0. The summed E-state index contributed by atoms with van der Waals surface area (Å²) < 4.78 is 5.28. The molecule has 0 aromatic carbocycles. The van der Waals surface area contributed by atoms with Gasteiger partial charge in [-0.1, -0.05) is 19.3 Å². The van der Waals surface area contributed by atoms with Crippen LogP contribution in [0.4, 0.5) is 4.79 Å². The van der Waals surface area contributed by atoms with Gasteiger partial charge in [-0.15, -0.1) is 0 Å². The van der Waals surface area contributed by atoms with Crippen molar-refractivity contribution in [3.63, 3.8) is 0 Å². The average molecular weight is 239 g/mol. The number of ether oxygens (including phenoxy) is 1. The molecule has 1 heterocycles. The fourth-order valence-electron chi connectivity index (χ4n) is 3.72. The van der Waals surface area contributed by atoms with Gasteiger partial charge in [-0.3, -0.25) is 4.90 Å². The van der Waals surface area contributed by atoms with Gasteiger partial charge in [0.15, 0.2) is 0 Å². The number of nitrogens with zero attached hydrogens (tertiary/aromatic N) is 1. The third-order valence-corrected chi connectivity index (χ3v) is 4.52. The molecule has 0 atom stereocenters. The van der Waals surface area contributed by atoms with Gasteiger partial charge in [0.1, 0.15) is 0 Å². The lowest BCUT2D eigenvalue weighted by atomic mass is 9.80. The Labute approximate surface area is 105 Å². The Morgan fingerprint density at radius 2 is 1.76 bits per heavy atom. The Morgan fingerprint density at radius 1 is 1.12 bits per heavy atom. The van der Waals surface area contributed by atoms with Crippen LogP contribution in [0.25, 0.3) is 0 Å². The lowest BCUT2D eigenvalue weighted by Gasteiger charge is -2.45. The van der Waals surface area contributed by atoms with Crippen LogP contribution in [0, 0.1) is 0 Å². The van der Waals surface area contributed by atoms with Gasteiger partial charge in [-0.2, -0.15) is 0 Å². The van der Waals surface area contributed by atoms with Crippen LogP contribution in [0.1, 0.15) is 65.7 Å². The summed E-state index contributed by atoms with van der Waals surface area (Å²) in [5.41, 5.74) is 0.0671. The molecule has 0 unspecified atom stereocenters. The zero-order valence-corrected chi connectivity index (χ0v) is 11.4. The molecule has 2 aliphatic rings. The monoisotopic (exact) mass is 239 g/mol. The number of rotatable bonds is 1. The van der Waals surface area contributed by atoms with E-state index in [2.05, 4.69) is 18.7 Å². The number of likely N-dealkylation sites (tertiary alicyclic amines) is 1. The van der Waals surface area contributed by atoms with Crippen molar-refractivity contribution in [3.05, 3.63) is 0 Å². The Hall–Kier alpha value is -0.730. The molecular formula is C14H25NO2. The minimum atomic E-state index is -0.100. The summed E-state index contributed by atoms with van der Waals surface area (Å²) in [7, 11) is 0. The Balaban J connectivity index is 2.23. The van der Waals surface area contributed by atoms with E-state index in [1.165, 1.54) is 19.3 Å². The quantitative estimate of drug-likeness (QED) is 0.698. The van der Waals surface area contributed by atoms with E-state index < -0.39 is 0 Å². The van der Waals surface area contributed by atoms with Crippen LogP contribution in [0.3, 0.4) is 0 Å². The second kappa shape index (κ2) is 4.51. The highest BCUT2D eigenvalue weighted by Gasteiger charge is 2.53. The SMILES string of the molecule is CCOC(=O)N1C(C)(C)CCC12CCCCC2. The van der Waals surface area contributed by atoms with Crippen molar-refractivity contribution in [2.75, 3.05) is 6.61 Å². The first-order chi connectivity index (χ1) is 8.02. The van der Waals surface area contributed by atoms with E-state index in [4.69, 9.17) is 4.74 Å². The molecule has 3 nitrogen and oxygen atoms in total. The van der Waals surface area contributed by atoms with Crippen molar-refractivity contribution in [1.29, 1.82) is 0 Å². The maximum Gasteiger partial charge on any atom is 0.410 e. The number of hydrogen-bond donors (Lipinski definition) is 0. The molecule has 98 valence electrons. The highest BCUT2D eigenvalue weighted by Crippen LogP contribution is 2.48. The molecule has 1 amide bonds. The number of amides is 1. The van der Waals surface area contributed by atoms with Crippen LogP contribution >= 0.6 is 0 Å². The van der Waals surface area contributed by atoms with Crippen molar-refractivity contribution in [1.82, 2.24) is 4.90 Å². The molecule has 0 aromatic rings. The van der Waals surface area contributed by atoms with Crippen LogP contribution in [-0.4, -0.2) is 28.7 Å². The second-order valence-electron chi connectivity index (χ2n) is 6.13. The van der Waals surface area contributed by atoms with E-state index in [1.807, 2.05) is 6.92 Å². The summed E-state index contributed by atoms with van der Waals surface area (Å²) in [4.78, 5) is 14.3. The number of carbonyl (C=O) groups is 1. The first-order valence-electron chi connectivity index (χ1n) is 6.99. The normalized spacial score (nSPS) is 26.2. The smallest absolute Gasteiger partial charge is 0.410 e. The first kappa shape index (κ1) is 12.7. The predicted octanol–water partition coefficient (Wildman–Crippen LogP) is 3.72. The largest absolute Gasteiger partial charge is 0.450 e. The molecule has 2 fully saturated rings. The molecule has 0 bridgehead atoms. The molecule has 1 saturated heterocycles. The van der Waals surface area contributed by atoms with E-state index in [0.29, 0.717) is 6.61 Å². The summed E-state index contributed by atoms with van der Waals surface area (Å²) in [5.74, 6) is 0.